The van der Waals surface area contributed by atoms with Gasteiger partial charge in [0.05, 0.1) is 6.04 Å². The van der Waals surface area contributed by atoms with Crippen LogP contribution in [0.15, 0.2) is 36.4 Å². The fourth-order valence-corrected chi connectivity index (χ4v) is 3.55. The van der Waals surface area contributed by atoms with Gasteiger partial charge < -0.3 is 10.0 Å². The summed E-state index contributed by atoms with van der Waals surface area (Å²) in [6.45, 7) is 4.31. The first-order valence-corrected chi connectivity index (χ1v) is 7.68. The predicted molar refractivity (Wildman–Crippen MR) is 88.1 cm³/mol. The number of fused-ring (bicyclic) bond motifs is 1. The molecule has 21 heavy (non-hydrogen) atoms. The van der Waals surface area contributed by atoms with Gasteiger partial charge in [-0.1, -0.05) is 23.8 Å². The molecule has 2 aromatic rings. The molecule has 0 bridgehead atoms. The lowest BCUT2D eigenvalue weighted by Gasteiger charge is -2.35. The van der Waals surface area contributed by atoms with E-state index in [4.69, 9.17) is 0 Å². The first-order chi connectivity index (χ1) is 10.1. The van der Waals surface area contributed by atoms with Crippen LogP contribution in [0.3, 0.4) is 0 Å². The van der Waals surface area contributed by atoms with Gasteiger partial charge in [0, 0.05) is 12.7 Å². The summed E-state index contributed by atoms with van der Waals surface area (Å²) in [7, 11) is 2.18. The molecule has 0 fully saturated rings. The Labute approximate surface area is 127 Å². The lowest BCUT2D eigenvalue weighted by Crippen LogP contribution is -2.28. The summed E-state index contributed by atoms with van der Waals surface area (Å²) in [5.41, 5.74) is 6.58. The minimum Gasteiger partial charge on any atom is -0.508 e. The zero-order chi connectivity index (χ0) is 15.0. The van der Waals surface area contributed by atoms with E-state index in [2.05, 4.69) is 50.1 Å². The number of phenolic OH excluding ortho intramolecular Hbond substituents is 1. The zero-order valence-electron chi connectivity index (χ0n) is 13.1. The Morgan fingerprint density at radius 1 is 1.10 bits per heavy atom. The van der Waals surface area contributed by atoms with Crippen molar-refractivity contribution in [2.45, 2.75) is 39.2 Å². The van der Waals surface area contributed by atoms with Gasteiger partial charge in [0.15, 0.2) is 0 Å². The molecule has 0 heterocycles. The van der Waals surface area contributed by atoms with Crippen LogP contribution in [0.1, 0.15) is 41.1 Å². The van der Waals surface area contributed by atoms with Crippen molar-refractivity contribution < 1.29 is 5.11 Å². The van der Waals surface area contributed by atoms with E-state index in [-0.39, 0.29) is 0 Å². The molecule has 1 aliphatic carbocycles. The van der Waals surface area contributed by atoms with E-state index in [0.29, 0.717) is 11.8 Å². The van der Waals surface area contributed by atoms with Gasteiger partial charge in [-0.15, -0.1) is 0 Å². The van der Waals surface area contributed by atoms with Gasteiger partial charge >= 0.3 is 0 Å². The van der Waals surface area contributed by atoms with Crippen LogP contribution in [0.5, 0.6) is 5.75 Å². The fraction of sp³-hybridized carbons (Fsp3) is 0.368. The van der Waals surface area contributed by atoms with Gasteiger partial charge in [0.2, 0.25) is 0 Å². The van der Waals surface area contributed by atoms with Crippen LogP contribution < -0.4 is 4.90 Å². The SMILES string of the molecule is Cc1ccc(N(C)C2CCCc3cc(O)ccc32)c(C)c1. The maximum atomic E-state index is 9.69. The second-order valence-electron chi connectivity index (χ2n) is 6.19. The highest BCUT2D eigenvalue weighted by molar-refractivity contribution is 5.56. The minimum atomic E-state index is 0.378. The Kier molecular flexibility index (Phi) is 3.62. The zero-order valence-corrected chi connectivity index (χ0v) is 13.1. The van der Waals surface area contributed by atoms with Crippen LogP contribution in [-0.2, 0) is 6.42 Å². The Bertz CT molecular complexity index is 663. The highest BCUT2D eigenvalue weighted by Crippen LogP contribution is 2.38. The number of hydrogen-bond acceptors (Lipinski definition) is 2. The molecule has 0 aliphatic heterocycles. The summed E-state index contributed by atoms with van der Waals surface area (Å²) in [6.07, 6.45) is 3.42. The molecule has 2 nitrogen and oxygen atoms in total. The van der Waals surface area contributed by atoms with Crippen molar-refractivity contribution in [1.29, 1.82) is 0 Å². The molecule has 0 radical (unpaired) electrons. The van der Waals surface area contributed by atoms with Crippen LogP contribution in [0.2, 0.25) is 0 Å². The molecule has 1 aliphatic rings. The van der Waals surface area contributed by atoms with Crippen molar-refractivity contribution in [3.05, 3.63) is 58.7 Å². The summed E-state index contributed by atoms with van der Waals surface area (Å²) in [5, 5.41) is 9.69. The van der Waals surface area contributed by atoms with Crippen LogP contribution in [0.4, 0.5) is 5.69 Å². The van der Waals surface area contributed by atoms with Crippen molar-refractivity contribution in [1.82, 2.24) is 0 Å². The number of benzene rings is 2. The number of nitrogens with zero attached hydrogens (tertiary/aromatic N) is 1. The molecule has 0 saturated heterocycles. The van der Waals surface area contributed by atoms with Gasteiger partial charge in [0.25, 0.3) is 0 Å². The molecule has 2 aromatic carbocycles. The van der Waals surface area contributed by atoms with Gasteiger partial charge in [-0.25, -0.2) is 0 Å². The third-order valence-corrected chi connectivity index (χ3v) is 4.61. The third kappa shape index (κ3) is 2.63. The number of aromatic hydroxyl groups is 1. The second kappa shape index (κ2) is 5.44. The smallest absolute Gasteiger partial charge is 0.115 e. The quantitative estimate of drug-likeness (QED) is 0.874. The summed E-state index contributed by atoms with van der Waals surface area (Å²) in [4.78, 5) is 2.39. The van der Waals surface area contributed by atoms with E-state index in [1.807, 2.05) is 12.1 Å². The Morgan fingerprint density at radius 3 is 2.67 bits per heavy atom. The normalized spacial score (nSPS) is 17.4. The number of hydrogen-bond donors (Lipinski definition) is 1. The van der Waals surface area contributed by atoms with E-state index in [1.165, 1.54) is 40.8 Å². The van der Waals surface area contributed by atoms with Crippen molar-refractivity contribution in [3.63, 3.8) is 0 Å². The van der Waals surface area contributed by atoms with Gasteiger partial charge in [-0.05, 0) is 68.0 Å². The van der Waals surface area contributed by atoms with Crippen molar-refractivity contribution in [3.8, 4) is 5.75 Å². The minimum absolute atomic E-state index is 0.378. The highest BCUT2D eigenvalue weighted by Gasteiger charge is 2.24. The molecule has 3 rings (SSSR count). The van der Waals surface area contributed by atoms with Crippen LogP contribution in [0.25, 0.3) is 0 Å². The summed E-state index contributed by atoms with van der Waals surface area (Å²) >= 11 is 0. The van der Waals surface area contributed by atoms with Crippen LogP contribution in [-0.4, -0.2) is 12.2 Å². The lowest BCUT2D eigenvalue weighted by molar-refractivity contribution is 0.470. The van der Waals surface area contributed by atoms with Gasteiger partial charge in [0.1, 0.15) is 5.75 Å². The second-order valence-corrected chi connectivity index (χ2v) is 6.19. The van der Waals surface area contributed by atoms with E-state index < -0.39 is 0 Å². The number of rotatable bonds is 2. The van der Waals surface area contributed by atoms with E-state index >= 15 is 0 Å². The molecule has 0 spiro atoms. The Balaban J connectivity index is 1.98. The number of phenols is 1. The molecule has 2 heteroatoms. The third-order valence-electron chi connectivity index (χ3n) is 4.61. The molecule has 0 aromatic heterocycles. The molecule has 0 saturated carbocycles. The van der Waals surface area contributed by atoms with Crippen molar-refractivity contribution >= 4 is 5.69 Å². The molecule has 1 N–H and O–H groups in total. The molecule has 0 amide bonds. The van der Waals surface area contributed by atoms with E-state index in [1.54, 1.807) is 0 Å². The highest BCUT2D eigenvalue weighted by atomic mass is 16.3. The summed E-state index contributed by atoms with van der Waals surface area (Å²) < 4.78 is 0. The maximum Gasteiger partial charge on any atom is 0.115 e. The lowest BCUT2D eigenvalue weighted by atomic mass is 9.86. The number of aryl methyl sites for hydroxylation is 3. The van der Waals surface area contributed by atoms with E-state index in [9.17, 15) is 5.11 Å². The van der Waals surface area contributed by atoms with Crippen molar-refractivity contribution in [2.24, 2.45) is 0 Å². The van der Waals surface area contributed by atoms with Gasteiger partial charge in [-0.2, -0.15) is 0 Å². The molecule has 1 unspecified atom stereocenters. The van der Waals surface area contributed by atoms with Crippen LogP contribution >= 0.6 is 0 Å². The number of anilines is 1. The standard InChI is InChI=1S/C19H23NO/c1-13-7-10-18(14(2)11-13)20(3)19-6-4-5-15-12-16(21)8-9-17(15)19/h7-12,19,21H,4-6H2,1-3H3. The molecule has 1 atom stereocenters. The topological polar surface area (TPSA) is 23.5 Å². The van der Waals surface area contributed by atoms with Crippen LogP contribution in [0, 0.1) is 13.8 Å². The predicted octanol–water partition coefficient (Wildman–Crippen LogP) is 4.52. The van der Waals surface area contributed by atoms with E-state index in [0.717, 1.165) is 6.42 Å². The monoisotopic (exact) mass is 281 g/mol. The van der Waals surface area contributed by atoms with Crippen molar-refractivity contribution in [2.75, 3.05) is 11.9 Å². The van der Waals surface area contributed by atoms with Gasteiger partial charge in [-0.3, -0.25) is 0 Å². The first-order valence-electron chi connectivity index (χ1n) is 7.68. The average molecular weight is 281 g/mol. The maximum absolute atomic E-state index is 9.69. The first kappa shape index (κ1) is 14.0. The molecular formula is C19H23NO. The summed E-state index contributed by atoms with van der Waals surface area (Å²) in [6, 6.07) is 12.9. The molecule has 110 valence electrons. The Hall–Kier alpha value is -1.96. The largest absolute Gasteiger partial charge is 0.508 e. The fourth-order valence-electron chi connectivity index (χ4n) is 3.55. The summed E-state index contributed by atoms with van der Waals surface area (Å²) in [5.74, 6) is 0.378. The molecular weight excluding hydrogens is 258 g/mol. The Morgan fingerprint density at radius 2 is 1.90 bits per heavy atom. The average Bonchev–Trinajstić information content (AvgIpc) is 2.45.